The molecule has 116 valence electrons. The smallest absolute Gasteiger partial charge is 0.161 e. The first kappa shape index (κ1) is 14.6. The average Bonchev–Trinajstić information content (AvgIpc) is 2.54. The van der Waals surface area contributed by atoms with Crippen molar-refractivity contribution in [3.63, 3.8) is 0 Å². The lowest BCUT2D eigenvalue weighted by Crippen LogP contribution is -2.45. The van der Waals surface area contributed by atoms with Crippen LogP contribution in [0.2, 0.25) is 0 Å². The quantitative estimate of drug-likeness (QED) is 0.868. The Balaban J connectivity index is 1.48. The maximum absolute atomic E-state index is 5.64. The molecule has 1 aromatic rings. The second kappa shape index (κ2) is 7.11. The van der Waals surface area contributed by atoms with Crippen LogP contribution in [0.5, 0.6) is 11.5 Å². The Morgan fingerprint density at radius 3 is 2.71 bits per heavy atom. The minimum Gasteiger partial charge on any atom is -0.486 e. The molecule has 21 heavy (non-hydrogen) atoms. The number of nitrogens with zero attached hydrogens (tertiary/aromatic N) is 2. The molecule has 0 radical (unpaired) electrons. The van der Waals surface area contributed by atoms with Crippen molar-refractivity contribution in [2.24, 2.45) is 0 Å². The third kappa shape index (κ3) is 4.09. The molecule has 0 aliphatic carbocycles. The third-order valence-electron chi connectivity index (χ3n) is 4.07. The maximum Gasteiger partial charge on any atom is 0.161 e. The van der Waals surface area contributed by atoms with Crippen LogP contribution in [0.25, 0.3) is 0 Å². The van der Waals surface area contributed by atoms with Gasteiger partial charge >= 0.3 is 0 Å². The summed E-state index contributed by atoms with van der Waals surface area (Å²) in [4.78, 5) is 4.89. The monoisotopic (exact) mass is 291 g/mol. The lowest BCUT2D eigenvalue weighted by molar-refractivity contribution is 0.171. The zero-order valence-corrected chi connectivity index (χ0v) is 12.8. The molecule has 2 aliphatic heterocycles. The summed E-state index contributed by atoms with van der Waals surface area (Å²) >= 11 is 0. The van der Waals surface area contributed by atoms with Gasteiger partial charge in [-0.3, -0.25) is 4.90 Å². The Morgan fingerprint density at radius 2 is 1.90 bits per heavy atom. The molecule has 0 saturated carbocycles. The van der Waals surface area contributed by atoms with Crippen LogP contribution in [-0.2, 0) is 6.54 Å². The van der Waals surface area contributed by atoms with Gasteiger partial charge in [-0.2, -0.15) is 0 Å². The van der Waals surface area contributed by atoms with Gasteiger partial charge in [-0.25, -0.2) is 0 Å². The summed E-state index contributed by atoms with van der Waals surface area (Å²) in [5.74, 6) is 1.75. The van der Waals surface area contributed by atoms with Crippen molar-refractivity contribution in [3.05, 3.63) is 23.8 Å². The normalized spacial score (nSPS) is 19.0. The minimum atomic E-state index is 0.648. The molecule has 3 rings (SSSR count). The number of nitrogens with one attached hydrogen (secondary N) is 1. The second-order valence-electron chi connectivity index (χ2n) is 5.81. The van der Waals surface area contributed by atoms with Gasteiger partial charge in [0.25, 0.3) is 0 Å². The second-order valence-corrected chi connectivity index (χ2v) is 5.81. The van der Waals surface area contributed by atoms with E-state index in [-0.39, 0.29) is 0 Å². The highest BCUT2D eigenvalue weighted by Crippen LogP contribution is 2.30. The van der Waals surface area contributed by atoms with Crippen molar-refractivity contribution >= 4 is 0 Å². The highest BCUT2D eigenvalue weighted by molar-refractivity contribution is 5.43. The molecule has 5 nitrogen and oxygen atoms in total. The molecular formula is C16H25N3O2. The fourth-order valence-corrected chi connectivity index (χ4v) is 2.82. The molecule has 0 unspecified atom stereocenters. The summed E-state index contributed by atoms with van der Waals surface area (Å²) in [6.07, 6.45) is 0. The van der Waals surface area contributed by atoms with Crippen molar-refractivity contribution in [2.75, 3.05) is 59.5 Å². The van der Waals surface area contributed by atoms with E-state index in [1.807, 2.05) is 6.07 Å². The fourth-order valence-electron chi connectivity index (χ4n) is 2.82. The number of likely N-dealkylation sites (N-methyl/N-ethyl adjacent to an activating group) is 1. The Kier molecular flexibility index (Phi) is 4.95. The van der Waals surface area contributed by atoms with Crippen molar-refractivity contribution in [3.8, 4) is 11.5 Å². The molecule has 1 N–H and O–H groups in total. The predicted octanol–water partition coefficient (Wildman–Crippen LogP) is 0.795. The Hall–Kier alpha value is -1.30. The summed E-state index contributed by atoms with van der Waals surface area (Å²) in [6, 6.07) is 6.26. The van der Waals surface area contributed by atoms with Gasteiger partial charge in [0.1, 0.15) is 13.2 Å². The van der Waals surface area contributed by atoms with E-state index in [1.54, 1.807) is 0 Å². The first-order chi connectivity index (χ1) is 10.3. The zero-order valence-electron chi connectivity index (χ0n) is 12.8. The van der Waals surface area contributed by atoms with Gasteiger partial charge in [0, 0.05) is 45.8 Å². The summed E-state index contributed by atoms with van der Waals surface area (Å²) < 4.78 is 11.2. The van der Waals surface area contributed by atoms with E-state index in [1.165, 1.54) is 5.56 Å². The van der Waals surface area contributed by atoms with Gasteiger partial charge in [0.2, 0.25) is 0 Å². The summed E-state index contributed by atoms with van der Waals surface area (Å²) in [7, 11) is 2.18. The lowest BCUT2D eigenvalue weighted by Gasteiger charge is -2.29. The van der Waals surface area contributed by atoms with Crippen LogP contribution in [0.4, 0.5) is 0 Å². The zero-order chi connectivity index (χ0) is 14.5. The molecule has 0 amide bonds. The largest absolute Gasteiger partial charge is 0.486 e. The summed E-state index contributed by atoms with van der Waals surface area (Å²) in [6.45, 7) is 9.04. The molecule has 0 aromatic heterocycles. The Morgan fingerprint density at radius 1 is 1.14 bits per heavy atom. The molecule has 0 atom stereocenters. The molecule has 0 bridgehead atoms. The van der Waals surface area contributed by atoms with Crippen LogP contribution in [0.1, 0.15) is 5.56 Å². The molecular weight excluding hydrogens is 266 g/mol. The number of ether oxygens (including phenoxy) is 2. The van der Waals surface area contributed by atoms with Gasteiger partial charge in [0.15, 0.2) is 11.5 Å². The highest BCUT2D eigenvalue weighted by atomic mass is 16.6. The van der Waals surface area contributed by atoms with Gasteiger partial charge in [-0.1, -0.05) is 6.07 Å². The Labute approximate surface area is 126 Å². The topological polar surface area (TPSA) is 37.0 Å². The van der Waals surface area contributed by atoms with E-state index in [0.29, 0.717) is 13.2 Å². The number of benzene rings is 1. The lowest BCUT2D eigenvalue weighted by atomic mass is 10.2. The van der Waals surface area contributed by atoms with E-state index in [9.17, 15) is 0 Å². The number of piperazine rings is 1. The fraction of sp³-hybridized carbons (Fsp3) is 0.625. The molecule has 1 saturated heterocycles. The van der Waals surface area contributed by atoms with E-state index in [4.69, 9.17) is 9.47 Å². The van der Waals surface area contributed by atoms with E-state index in [0.717, 1.165) is 57.3 Å². The first-order valence-electron chi connectivity index (χ1n) is 7.81. The van der Waals surface area contributed by atoms with Crippen molar-refractivity contribution in [2.45, 2.75) is 6.54 Å². The van der Waals surface area contributed by atoms with E-state index >= 15 is 0 Å². The van der Waals surface area contributed by atoms with E-state index in [2.05, 4.69) is 34.3 Å². The predicted molar refractivity (Wildman–Crippen MR) is 83.1 cm³/mol. The summed E-state index contributed by atoms with van der Waals surface area (Å²) in [5.41, 5.74) is 1.28. The van der Waals surface area contributed by atoms with Crippen LogP contribution >= 0.6 is 0 Å². The van der Waals surface area contributed by atoms with Gasteiger partial charge in [-0.15, -0.1) is 0 Å². The number of hydrogen-bond acceptors (Lipinski definition) is 5. The van der Waals surface area contributed by atoms with Crippen LogP contribution in [-0.4, -0.2) is 69.3 Å². The third-order valence-corrected chi connectivity index (χ3v) is 4.07. The van der Waals surface area contributed by atoms with Crippen LogP contribution < -0.4 is 14.8 Å². The first-order valence-corrected chi connectivity index (χ1v) is 7.81. The van der Waals surface area contributed by atoms with Crippen LogP contribution in [0, 0.1) is 0 Å². The average molecular weight is 291 g/mol. The van der Waals surface area contributed by atoms with Crippen molar-refractivity contribution in [1.82, 2.24) is 15.1 Å². The molecule has 2 heterocycles. The molecule has 1 aromatic carbocycles. The van der Waals surface area contributed by atoms with Crippen molar-refractivity contribution in [1.29, 1.82) is 0 Å². The highest BCUT2D eigenvalue weighted by Gasteiger charge is 2.13. The maximum atomic E-state index is 5.64. The molecule has 1 fully saturated rings. The van der Waals surface area contributed by atoms with Gasteiger partial charge in [0.05, 0.1) is 0 Å². The van der Waals surface area contributed by atoms with Crippen LogP contribution in [0.15, 0.2) is 18.2 Å². The molecule has 5 heteroatoms. The number of fused-ring (bicyclic) bond motifs is 1. The standard InChI is InChI=1S/C16H25N3O2/c1-18(8-9-19-6-4-17-5-7-19)13-14-2-3-15-16(12-14)21-11-10-20-15/h2-3,12,17H,4-11,13H2,1H3. The minimum absolute atomic E-state index is 0.648. The van der Waals surface area contributed by atoms with Crippen molar-refractivity contribution < 1.29 is 9.47 Å². The molecule has 0 spiro atoms. The number of hydrogen-bond donors (Lipinski definition) is 1. The SMILES string of the molecule is CN(CCN1CCNCC1)Cc1ccc2c(c1)OCCO2. The summed E-state index contributed by atoms with van der Waals surface area (Å²) in [5, 5.41) is 3.39. The Bertz CT molecular complexity index is 461. The molecule has 2 aliphatic rings. The van der Waals surface area contributed by atoms with E-state index < -0.39 is 0 Å². The van der Waals surface area contributed by atoms with Crippen LogP contribution in [0.3, 0.4) is 0 Å². The van der Waals surface area contributed by atoms with Gasteiger partial charge in [-0.05, 0) is 24.7 Å². The van der Waals surface area contributed by atoms with Gasteiger partial charge < -0.3 is 19.7 Å². The number of rotatable bonds is 5.